The van der Waals surface area contributed by atoms with E-state index in [2.05, 4.69) is 0 Å². The van der Waals surface area contributed by atoms with Crippen LogP contribution in [0.2, 0.25) is 0 Å². The van der Waals surface area contributed by atoms with Crippen LogP contribution in [0.4, 0.5) is 0 Å². The number of hydrogen-bond acceptors (Lipinski definition) is 3. The lowest BCUT2D eigenvalue weighted by Gasteiger charge is -2.12. The van der Waals surface area contributed by atoms with Gasteiger partial charge in [-0.15, -0.1) is 0 Å². The summed E-state index contributed by atoms with van der Waals surface area (Å²) in [5.74, 6) is -0.152. The minimum absolute atomic E-state index is 0.270. The molecule has 0 amide bonds. The van der Waals surface area contributed by atoms with Crippen LogP contribution >= 0.6 is 0 Å². The smallest absolute Gasteiger partial charge is 0.306 e. The standard InChI is InChI=1S/C15H23NO3/c1-19-14-9-6-12(7-10-14)5-8-13(15(17)18)4-2-3-11-16/h6-7,9-10,13H,2-5,8,11,16H2,1H3,(H,17,18). The van der Waals surface area contributed by atoms with Crippen molar-refractivity contribution in [2.24, 2.45) is 11.7 Å². The van der Waals surface area contributed by atoms with Gasteiger partial charge < -0.3 is 15.6 Å². The Balaban J connectivity index is 2.43. The Bertz CT molecular complexity index is 375. The van der Waals surface area contributed by atoms with Crippen molar-refractivity contribution in [2.45, 2.75) is 32.1 Å². The van der Waals surface area contributed by atoms with Gasteiger partial charge in [-0.25, -0.2) is 0 Å². The molecule has 1 unspecified atom stereocenters. The van der Waals surface area contributed by atoms with Crippen molar-refractivity contribution in [3.63, 3.8) is 0 Å². The van der Waals surface area contributed by atoms with Crippen LogP contribution in [0, 0.1) is 5.92 Å². The average Bonchev–Trinajstić information content (AvgIpc) is 2.43. The number of hydrogen-bond donors (Lipinski definition) is 2. The molecule has 1 atom stereocenters. The molecule has 0 aromatic heterocycles. The molecule has 0 spiro atoms. The van der Waals surface area contributed by atoms with E-state index in [4.69, 9.17) is 10.5 Å². The normalized spacial score (nSPS) is 12.1. The van der Waals surface area contributed by atoms with E-state index in [9.17, 15) is 9.90 Å². The third kappa shape index (κ3) is 5.75. The Labute approximate surface area is 114 Å². The maximum Gasteiger partial charge on any atom is 0.306 e. The van der Waals surface area contributed by atoms with Gasteiger partial charge in [-0.1, -0.05) is 18.6 Å². The van der Waals surface area contributed by atoms with Crippen LogP contribution in [0.25, 0.3) is 0 Å². The van der Waals surface area contributed by atoms with Gasteiger partial charge in [-0.3, -0.25) is 4.79 Å². The number of carboxylic acids is 1. The molecule has 19 heavy (non-hydrogen) atoms. The van der Waals surface area contributed by atoms with Crippen LogP contribution in [0.15, 0.2) is 24.3 Å². The molecule has 0 saturated carbocycles. The molecule has 0 aliphatic rings. The van der Waals surface area contributed by atoms with Crippen molar-refractivity contribution in [2.75, 3.05) is 13.7 Å². The molecule has 0 fully saturated rings. The fourth-order valence-electron chi connectivity index (χ4n) is 2.06. The third-order valence-electron chi connectivity index (χ3n) is 3.30. The highest BCUT2D eigenvalue weighted by Gasteiger charge is 2.16. The predicted molar refractivity (Wildman–Crippen MR) is 75.3 cm³/mol. The van der Waals surface area contributed by atoms with Crippen molar-refractivity contribution < 1.29 is 14.6 Å². The fraction of sp³-hybridized carbons (Fsp3) is 0.533. The second-order valence-electron chi connectivity index (χ2n) is 4.71. The summed E-state index contributed by atoms with van der Waals surface area (Å²) in [5, 5.41) is 9.18. The van der Waals surface area contributed by atoms with Crippen LogP contribution < -0.4 is 10.5 Å². The molecule has 0 heterocycles. The second kappa shape index (κ2) is 8.53. The summed E-state index contributed by atoms with van der Waals surface area (Å²) in [5.41, 5.74) is 6.57. The van der Waals surface area contributed by atoms with E-state index in [-0.39, 0.29) is 5.92 Å². The first kappa shape index (κ1) is 15.5. The van der Waals surface area contributed by atoms with Crippen molar-refractivity contribution in [1.82, 2.24) is 0 Å². The zero-order chi connectivity index (χ0) is 14.1. The van der Waals surface area contributed by atoms with Gasteiger partial charge in [0.05, 0.1) is 13.0 Å². The first-order valence-electron chi connectivity index (χ1n) is 6.73. The number of methoxy groups -OCH3 is 1. The van der Waals surface area contributed by atoms with E-state index in [1.807, 2.05) is 24.3 Å². The monoisotopic (exact) mass is 265 g/mol. The molecule has 0 aliphatic heterocycles. The Kier molecular flexibility index (Phi) is 6.97. The number of aryl methyl sites for hydroxylation is 1. The van der Waals surface area contributed by atoms with Gasteiger partial charge in [-0.05, 0) is 49.9 Å². The number of aliphatic carboxylic acids is 1. The lowest BCUT2D eigenvalue weighted by Crippen LogP contribution is -2.15. The second-order valence-corrected chi connectivity index (χ2v) is 4.71. The van der Waals surface area contributed by atoms with Crippen molar-refractivity contribution >= 4 is 5.97 Å². The lowest BCUT2D eigenvalue weighted by molar-refractivity contribution is -0.142. The maximum atomic E-state index is 11.2. The number of nitrogens with two attached hydrogens (primary N) is 1. The SMILES string of the molecule is COc1ccc(CCC(CCCCN)C(=O)O)cc1. The predicted octanol–water partition coefficient (Wildman–Crippen LogP) is 2.46. The van der Waals surface area contributed by atoms with Crippen LogP contribution in [0.5, 0.6) is 5.75 Å². The molecule has 1 rings (SSSR count). The van der Waals surface area contributed by atoms with Gasteiger partial charge in [0.15, 0.2) is 0 Å². The third-order valence-corrected chi connectivity index (χ3v) is 3.30. The van der Waals surface area contributed by atoms with Crippen LogP contribution in [0.1, 0.15) is 31.2 Å². The molecule has 3 N–H and O–H groups in total. The highest BCUT2D eigenvalue weighted by atomic mass is 16.5. The van der Waals surface area contributed by atoms with Crippen molar-refractivity contribution in [1.29, 1.82) is 0 Å². The number of ether oxygens (including phenoxy) is 1. The number of unbranched alkanes of at least 4 members (excludes halogenated alkanes) is 1. The molecule has 1 aromatic rings. The maximum absolute atomic E-state index is 11.2. The largest absolute Gasteiger partial charge is 0.497 e. The van der Waals surface area contributed by atoms with E-state index >= 15 is 0 Å². The number of rotatable bonds is 9. The van der Waals surface area contributed by atoms with Gasteiger partial charge >= 0.3 is 5.97 Å². The quantitative estimate of drug-likeness (QED) is 0.673. The summed E-state index contributed by atoms with van der Waals surface area (Å²) in [6, 6.07) is 7.77. The van der Waals surface area contributed by atoms with Crippen molar-refractivity contribution in [3.8, 4) is 5.75 Å². The molecule has 0 bridgehead atoms. The minimum atomic E-state index is -0.703. The molecular formula is C15H23NO3. The van der Waals surface area contributed by atoms with E-state index in [0.717, 1.165) is 30.6 Å². The van der Waals surface area contributed by atoms with E-state index in [1.165, 1.54) is 0 Å². The molecule has 1 aromatic carbocycles. The molecule has 106 valence electrons. The number of carboxylic acid groups (broad SMARTS) is 1. The number of carbonyl (C=O) groups is 1. The fourth-order valence-corrected chi connectivity index (χ4v) is 2.06. The Morgan fingerprint density at radius 3 is 2.47 bits per heavy atom. The summed E-state index contributed by atoms with van der Waals surface area (Å²) in [4.78, 5) is 11.2. The minimum Gasteiger partial charge on any atom is -0.497 e. The summed E-state index contributed by atoms with van der Waals surface area (Å²) in [7, 11) is 1.63. The summed E-state index contributed by atoms with van der Waals surface area (Å²) in [6.07, 6.45) is 3.95. The van der Waals surface area contributed by atoms with Crippen LogP contribution in [-0.2, 0) is 11.2 Å². The first-order chi connectivity index (χ1) is 9.17. The highest BCUT2D eigenvalue weighted by molar-refractivity contribution is 5.69. The lowest BCUT2D eigenvalue weighted by atomic mass is 9.94. The zero-order valence-corrected chi connectivity index (χ0v) is 11.5. The topological polar surface area (TPSA) is 72.5 Å². The van der Waals surface area contributed by atoms with Gasteiger partial charge in [0.2, 0.25) is 0 Å². The van der Waals surface area contributed by atoms with Gasteiger partial charge in [0.1, 0.15) is 5.75 Å². The molecular weight excluding hydrogens is 242 g/mol. The zero-order valence-electron chi connectivity index (χ0n) is 11.5. The summed E-state index contributed by atoms with van der Waals surface area (Å²) >= 11 is 0. The van der Waals surface area contributed by atoms with E-state index in [1.54, 1.807) is 7.11 Å². The summed E-state index contributed by atoms with van der Waals surface area (Å²) < 4.78 is 5.09. The van der Waals surface area contributed by atoms with Crippen LogP contribution in [-0.4, -0.2) is 24.7 Å². The van der Waals surface area contributed by atoms with Gasteiger partial charge in [-0.2, -0.15) is 0 Å². The summed E-state index contributed by atoms with van der Waals surface area (Å²) in [6.45, 7) is 0.630. The van der Waals surface area contributed by atoms with Crippen molar-refractivity contribution in [3.05, 3.63) is 29.8 Å². The molecule has 0 saturated heterocycles. The molecule has 4 nitrogen and oxygen atoms in total. The molecule has 0 aliphatic carbocycles. The Morgan fingerprint density at radius 2 is 1.95 bits per heavy atom. The van der Waals surface area contributed by atoms with Gasteiger partial charge in [0, 0.05) is 0 Å². The van der Waals surface area contributed by atoms with Gasteiger partial charge in [0.25, 0.3) is 0 Å². The van der Waals surface area contributed by atoms with E-state index in [0.29, 0.717) is 19.4 Å². The molecule has 4 heteroatoms. The molecule has 0 radical (unpaired) electrons. The van der Waals surface area contributed by atoms with Crippen LogP contribution in [0.3, 0.4) is 0 Å². The Hall–Kier alpha value is -1.55. The van der Waals surface area contributed by atoms with E-state index < -0.39 is 5.97 Å². The first-order valence-corrected chi connectivity index (χ1v) is 6.73. The average molecular weight is 265 g/mol. The Morgan fingerprint density at radius 1 is 1.26 bits per heavy atom. The number of benzene rings is 1. The highest BCUT2D eigenvalue weighted by Crippen LogP contribution is 2.18.